The van der Waals surface area contributed by atoms with Gasteiger partial charge in [0.25, 0.3) is 0 Å². The highest BCUT2D eigenvalue weighted by molar-refractivity contribution is 7.96. The summed E-state index contributed by atoms with van der Waals surface area (Å²) in [6.45, 7) is 20.4. The van der Waals surface area contributed by atoms with Crippen molar-refractivity contribution in [2.24, 2.45) is 5.41 Å². The number of rotatable bonds is 24. The molecule has 0 aliphatic rings. The Hall–Kier alpha value is 0.214. The summed E-state index contributed by atoms with van der Waals surface area (Å²) in [5.74, 6) is 0. The Morgan fingerprint density at radius 2 is 0.889 bits per heavy atom. The van der Waals surface area contributed by atoms with Crippen molar-refractivity contribution in [1.82, 2.24) is 0 Å². The second-order valence-corrected chi connectivity index (χ2v) is 15.5. The first-order valence-corrected chi connectivity index (χ1v) is 18.2. The molecule has 0 N–H and O–H groups in total. The average Bonchev–Trinajstić information content (AvgIpc) is 2.82. The van der Waals surface area contributed by atoms with Gasteiger partial charge in [-0.05, 0) is 60.8 Å². The first kappa shape index (κ1) is 36.2. The minimum Gasteiger partial charge on any atom is -0.373 e. The predicted molar refractivity (Wildman–Crippen MR) is 154 cm³/mol. The highest BCUT2D eigenvalue weighted by atomic mass is 32.1. The molecule has 0 saturated carbocycles. The first-order valence-electron chi connectivity index (χ1n) is 14.3. The summed E-state index contributed by atoms with van der Waals surface area (Å²) in [4.78, 5) is 14.0. The molecular weight excluding hydrogens is 513 g/mol. The number of unbranched alkanes of at least 4 members (excludes halogenated alkanes) is 2. The number of hydrogen-bond donors (Lipinski definition) is 1. The quantitative estimate of drug-likeness (QED) is 0.0764. The summed E-state index contributed by atoms with van der Waals surface area (Å²) in [6.07, 6.45) is 6.21. The van der Waals surface area contributed by atoms with Crippen molar-refractivity contribution < 1.29 is 31.4 Å². The fraction of sp³-hybridized carbons (Fsp3) is 0.962. The van der Waals surface area contributed by atoms with E-state index in [2.05, 4.69) is 33.4 Å². The Morgan fingerprint density at radius 1 is 0.556 bits per heavy atom. The van der Waals surface area contributed by atoms with Crippen LogP contribution in [0.25, 0.3) is 0 Å². The lowest BCUT2D eigenvalue weighted by atomic mass is 9.74. The van der Waals surface area contributed by atoms with Crippen LogP contribution in [0.15, 0.2) is 0 Å². The monoisotopic (exact) mass is 568 g/mol. The third-order valence-electron chi connectivity index (χ3n) is 6.79. The van der Waals surface area contributed by atoms with E-state index in [1.807, 2.05) is 41.5 Å². The Balaban J connectivity index is 8.26. The fourth-order valence-corrected chi connectivity index (χ4v) is 16.4. The van der Waals surface area contributed by atoms with Crippen LogP contribution in [0.3, 0.4) is 0 Å². The minimum absolute atomic E-state index is 0.185. The van der Waals surface area contributed by atoms with Crippen molar-refractivity contribution in [3.63, 3.8) is 0 Å². The molecule has 216 valence electrons. The molecular formula is C26H56O7SSi2. The van der Waals surface area contributed by atoms with E-state index in [4.69, 9.17) is 26.6 Å². The molecule has 7 nitrogen and oxygen atoms in total. The molecule has 10 heteroatoms. The standard InChI is InChI=1S/C26H56O7SSi2/c1-10-19-20-23-26(25(21-11-2,22-12-3)24(27)34,35(28-13-4,29-14-5)30-15-6)36(31-16-7,32-17-8)33-18-9/h10-23H2,1-9H3,(H,27,34). The summed E-state index contributed by atoms with van der Waals surface area (Å²) in [6, 6.07) is 0. The maximum Gasteiger partial charge on any atom is 0.513 e. The zero-order valence-electron chi connectivity index (χ0n) is 24.7. The average molecular weight is 569 g/mol. The Kier molecular flexibility index (Phi) is 18.6. The molecule has 0 rings (SSSR count). The van der Waals surface area contributed by atoms with Crippen LogP contribution in [0.2, 0.25) is 4.66 Å². The second kappa shape index (κ2) is 18.5. The SMILES string of the molecule is CCCCCC(C(CCC)(CCC)C(=O)S)([Si](OCC)(OCC)OCC)[Si](OCC)(OCC)OCC. The van der Waals surface area contributed by atoms with Crippen LogP contribution < -0.4 is 0 Å². The topological polar surface area (TPSA) is 72.5 Å². The number of carbonyl (C=O) groups is 1. The van der Waals surface area contributed by atoms with Gasteiger partial charge < -0.3 is 26.6 Å². The van der Waals surface area contributed by atoms with Crippen LogP contribution in [0.4, 0.5) is 0 Å². The minimum atomic E-state index is -3.73. The molecule has 0 amide bonds. The van der Waals surface area contributed by atoms with E-state index in [0.29, 0.717) is 58.9 Å². The molecule has 0 aliphatic heterocycles. The van der Waals surface area contributed by atoms with Crippen LogP contribution in [-0.4, -0.2) is 62.4 Å². The van der Waals surface area contributed by atoms with E-state index >= 15 is 0 Å². The Labute approximate surface area is 229 Å². The highest BCUT2D eigenvalue weighted by Gasteiger charge is 2.84. The molecule has 0 aliphatic carbocycles. The molecule has 0 bridgehead atoms. The molecule has 0 aromatic heterocycles. The maximum atomic E-state index is 14.0. The summed E-state index contributed by atoms with van der Waals surface area (Å²) >= 11 is 4.63. The van der Waals surface area contributed by atoms with Crippen LogP contribution in [0.5, 0.6) is 0 Å². The van der Waals surface area contributed by atoms with Crippen LogP contribution in [-0.2, 0) is 31.4 Å². The van der Waals surface area contributed by atoms with Crippen LogP contribution in [0.1, 0.15) is 114 Å². The van der Waals surface area contributed by atoms with Crippen molar-refractivity contribution >= 4 is 35.4 Å². The van der Waals surface area contributed by atoms with Crippen molar-refractivity contribution in [1.29, 1.82) is 0 Å². The Morgan fingerprint density at radius 3 is 1.11 bits per heavy atom. The summed E-state index contributed by atoms with van der Waals surface area (Å²) in [5, 5.41) is -0.185. The molecule has 0 aromatic carbocycles. The largest absolute Gasteiger partial charge is 0.513 e. The van der Waals surface area contributed by atoms with Crippen molar-refractivity contribution in [2.75, 3.05) is 39.6 Å². The van der Waals surface area contributed by atoms with Crippen molar-refractivity contribution in [3.05, 3.63) is 0 Å². The van der Waals surface area contributed by atoms with Gasteiger partial charge in [0.1, 0.15) is 4.66 Å². The van der Waals surface area contributed by atoms with Crippen LogP contribution >= 0.6 is 12.6 Å². The normalized spacial score (nSPS) is 13.4. The van der Waals surface area contributed by atoms with E-state index in [1.54, 1.807) is 0 Å². The molecule has 0 atom stereocenters. The van der Waals surface area contributed by atoms with Gasteiger partial charge in [-0.1, -0.05) is 52.9 Å². The van der Waals surface area contributed by atoms with Gasteiger partial charge in [0.15, 0.2) is 5.12 Å². The predicted octanol–water partition coefficient (Wildman–Crippen LogP) is 6.99. The lowest BCUT2D eigenvalue weighted by Crippen LogP contribution is -2.76. The van der Waals surface area contributed by atoms with E-state index in [-0.39, 0.29) is 5.12 Å². The third kappa shape index (κ3) is 7.44. The zero-order valence-corrected chi connectivity index (χ0v) is 27.6. The van der Waals surface area contributed by atoms with Gasteiger partial charge in [-0.2, -0.15) is 0 Å². The van der Waals surface area contributed by atoms with Gasteiger partial charge in [0.2, 0.25) is 0 Å². The molecule has 0 fully saturated rings. The van der Waals surface area contributed by atoms with Gasteiger partial charge in [0, 0.05) is 39.6 Å². The van der Waals surface area contributed by atoms with E-state index in [1.165, 1.54) is 0 Å². The van der Waals surface area contributed by atoms with Crippen molar-refractivity contribution in [2.45, 2.75) is 118 Å². The number of carbonyl (C=O) groups excluding carboxylic acids is 1. The zero-order chi connectivity index (χ0) is 27.7. The number of hydrogen-bond acceptors (Lipinski definition) is 7. The lowest BCUT2D eigenvalue weighted by molar-refractivity contribution is -0.127. The first-order chi connectivity index (χ1) is 17.2. The van der Waals surface area contributed by atoms with E-state index in [0.717, 1.165) is 32.1 Å². The maximum absolute atomic E-state index is 14.0. The molecule has 0 saturated heterocycles. The number of thiol groups is 1. The van der Waals surface area contributed by atoms with E-state index < -0.39 is 27.7 Å². The van der Waals surface area contributed by atoms with E-state index in [9.17, 15) is 4.79 Å². The van der Waals surface area contributed by atoms with Gasteiger partial charge in [-0.15, -0.1) is 12.6 Å². The van der Waals surface area contributed by atoms with Crippen molar-refractivity contribution in [3.8, 4) is 0 Å². The second-order valence-electron chi connectivity index (χ2n) is 8.96. The fourth-order valence-electron chi connectivity index (χ4n) is 5.89. The molecule has 0 aromatic rings. The van der Waals surface area contributed by atoms with Gasteiger partial charge >= 0.3 is 17.6 Å². The lowest BCUT2D eigenvalue weighted by Gasteiger charge is -2.59. The van der Waals surface area contributed by atoms with Gasteiger partial charge in [-0.25, -0.2) is 0 Å². The molecule has 0 unspecified atom stereocenters. The van der Waals surface area contributed by atoms with Gasteiger partial charge in [0.05, 0.1) is 5.41 Å². The molecule has 0 radical (unpaired) electrons. The molecule has 0 spiro atoms. The van der Waals surface area contributed by atoms with Crippen LogP contribution in [0, 0.1) is 5.41 Å². The smallest absolute Gasteiger partial charge is 0.373 e. The highest BCUT2D eigenvalue weighted by Crippen LogP contribution is 2.67. The summed E-state index contributed by atoms with van der Waals surface area (Å²) in [7, 11) is -7.46. The Bertz CT molecular complexity index is 529. The summed E-state index contributed by atoms with van der Waals surface area (Å²) in [5.41, 5.74) is -0.967. The van der Waals surface area contributed by atoms with Gasteiger partial charge in [-0.3, -0.25) is 4.79 Å². The summed E-state index contributed by atoms with van der Waals surface area (Å²) < 4.78 is 39.2. The third-order valence-corrected chi connectivity index (χ3v) is 16.6. The molecule has 36 heavy (non-hydrogen) atoms. The molecule has 0 heterocycles.